The van der Waals surface area contributed by atoms with E-state index >= 15 is 0 Å². The third-order valence-electron chi connectivity index (χ3n) is 3.29. The van der Waals surface area contributed by atoms with Gasteiger partial charge in [-0.2, -0.15) is 0 Å². The summed E-state index contributed by atoms with van der Waals surface area (Å²) in [6, 6.07) is 13.7. The molecule has 1 heterocycles. The maximum absolute atomic E-state index is 10.3. The third kappa shape index (κ3) is 2.57. The van der Waals surface area contributed by atoms with Crippen molar-refractivity contribution in [3.63, 3.8) is 0 Å². The van der Waals surface area contributed by atoms with Crippen LogP contribution in [0.2, 0.25) is 0 Å². The largest absolute Gasteiger partial charge is 0.485 e. The van der Waals surface area contributed by atoms with Crippen LogP contribution in [0, 0.1) is 0 Å². The third-order valence-corrected chi connectivity index (χ3v) is 4.51. The van der Waals surface area contributed by atoms with Gasteiger partial charge in [-0.05, 0) is 18.2 Å². The summed E-state index contributed by atoms with van der Waals surface area (Å²) in [5, 5.41) is 10.3. The molecule has 98 valence electrons. The van der Waals surface area contributed by atoms with E-state index in [0.29, 0.717) is 6.42 Å². The summed E-state index contributed by atoms with van der Waals surface area (Å²) in [6.07, 6.45) is -0.0571. The maximum Gasteiger partial charge on any atom is 0.128 e. The molecule has 0 saturated carbocycles. The van der Waals surface area contributed by atoms with E-state index in [1.54, 1.807) is 0 Å². The quantitative estimate of drug-likeness (QED) is 0.768. The minimum atomic E-state index is -0.492. The van der Waals surface area contributed by atoms with Gasteiger partial charge < -0.3 is 9.84 Å². The van der Waals surface area contributed by atoms with Gasteiger partial charge in [-0.3, -0.25) is 0 Å². The predicted octanol–water partition coefficient (Wildman–Crippen LogP) is 4.77. The first-order chi connectivity index (χ1) is 9.15. The SMILES string of the molecule is OC1CC(c2ccccc2Br)Oc2cc(Br)ccc21. The Balaban J connectivity index is 1.99. The lowest BCUT2D eigenvalue weighted by Gasteiger charge is -2.30. The van der Waals surface area contributed by atoms with Crippen molar-refractivity contribution in [2.24, 2.45) is 0 Å². The number of rotatable bonds is 1. The smallest absolute Gasteiger partial charge is 0.128 e. The van der Waals surface area contributed by atoms with Crippen LogP contribution in [-0.4, -0.2) is 5.11 Å². The van der Waals surface area contributed by atoms with Crippen LogP contribution in [0.4, 0.5) is 0 Å². The normalized spacial score (nSPS) is 21.6. The number of halogens is 2. The van der Waals surface area contributed by atoms with E-state index < -0.39 is 6.10 Å². The van der Waals surface area contributed by atoms with Crippen molar-refractivity contribution < 1.29 is 9.84 Å². The van der Waals surface area contributed by atoms with E-state index in [4.69, 9.17) is 4.74 Å². The average molecular weight is 384 g/mol. The molecule has 0 bridgehead atoms. The molecule has 19 heavy (non-hydrogen) atoms. The van der Waals surface area contributed by atoms with Crippen LogP contribution in [0.3, 0.4) is 0 Å². The molecule has 2 aromatic rings. The highest BCUT2D eigenvalue weighted by Crippen LogP contribution is 2.43. The lowest BCUT2D eigenvalue weighted by atomic mass is 9.95. The second-order valence-electron chi connectivity index (χ2n) is 4.56. The van der Waals surface area contributed by atoms with Gasteiger partial charge in [0, 0.05) is 26.5 Å². The maximum atomic E-state index is 10.3. The van der Waals surface area contributed by atoms with Crippen molar-refractivity contribution in [3.05, 3.63) is 62.5 Å². The highest BCUT2D eigenvalue weighted by molar-refractivity contribution is 9.10. The first-order valence-corrected chi connectivity index (χ1v) is 7.62. The molecule has 4 heteroatoms. The Morgan fingerprint density at radius 2 is 1.84 bits per heavy atom. The molecule has 0 aromatic heterocycles. The minimum Gasteiger partial charge on any atom is -0.485 e. The monoisotopic (exact) mass is 382 g/mol. The lowest BCUT2D eigenvalue weighted by Crippen LogP contribution is -2.19. The van der Waals surface area contributed by atoms with Crippen molar-refractivity contribution in [1.82, 2.24) is 0 Å². The van der Waals surface area contributed by atoms with E-state index in [9.17, 15) is 5.11 Å². The van der Waals surface area contributed by atoms with Gasteiger partial charge in [0.25, 0.3) is 0 Å². The molecular formula is C15H12Br2O2. The molecule has 0 saturated heterocycles. The van der Waals surface area contributed by atoms with Crippen molar-refractivity contribution in [2.75, 3.05) is 0 Å². The number of benzene rings is 2. The van der Waals surface area contributed by atoms with Crippen LogP contribution in [0.15, 0.2) is 51.4 Å². The number of ether oxygens (including phenoxy) is 1. The second kappa shape index (κ2) is 5.27. The number of hydrogen-bond donors (Lipinski definition) is 1. The molecule has 2 aromatic carbocycles. The zero-order chi connectivity index (χ0) is 13.4. The summed E-state index contributed by atoms with van der Waals surface area (Å²) in [7, 11) is 0. The van der Waals surface area contributed by atoms with Gasteiger partial charge in [-0.25, -0.2) is 0 Å². The topological polar surface area (TPSA) is 29.5 Å². The standard InChI is InChI=1S/C15H12Br2O2/c16-9-5-6-11-13(18)8-15(19-14(11)7-9)10-3-1-2-4-12(10)17/h1-7,13,15,18H,8H2. The summed E-state index contributed by atoms with van der Waals surface area (Å²) in [5.41, 5.74) is 1.92. The fraction of sp³-hybridized carbons (Fsp3) is 0.200. The molecule has 2 unspecified atom stereocenters. The first-order valence-electron chi connectivity index (χ1n) is 6.04. The summed E-state index contributed by atoms with van der Waals surface area (Å²) in [4.78, 5) is 0. The number of hydrogen-bond acceptors (Lipinski definition) is 2. The molecule has 2 nitrogen and oxygen atoms in total. The highest BCUT2D eigenvalue weighted by atomic mass is 79.9. The molecule has 1 aliphatic heterocycles. The van der Waals surface area contributed by atoms with Gasteiger partial charge in [-0.15, -0.1) is 0 Å². The molecule has 0 amide bonds. The number of aliphatic hydroxyl groups is 1. The Morgan fingerprint density at radius 3 is 2.63 bits per heavy atom. The molecule has 1 N–H and O–H groups in total. The van der Waals surface area contributed by atoms with Crippen LogP contribution in [-0.2, 0) is 0 Å². The summed E-state index contributed by atoms with van der Waals surface area (Å²) >= 11 is 6.97. The Bertz CT molecular complexity index is 613. The van der Waals surface area contributed by atoms with Crippen molar-refractivity contribution in [1.29, 1.82) is 0 Å². The van der Waals surface area contributed by atoms with Crippen LogP contribution in [0.5, 0.6) is 5.75 Å². The minimum absolute atomic E-state index is 0.132. The van der Waals surface area contributed by atoms with Crippen LogP contribution in [0.25, 0.3) is 0 Å². The molecule has 0 spiro atoms. The van der Waals surface area contributed by atoms with Crippen LogP contribution >= 0.6 is 31.9 Å². The van der Waals surface area contributed by atoms with E-state index in [1.807, 2.05) is 42.5 Å². The van der Waals surface area contributed by atoms with Gasteiger partial charge >= 0.3 is 0 Å². The van der Waals surface area contributed by atoms with Crippen molar-refractivity contribution >= 4 is 31.9 Å². The van der Waals surface area contributed by atoms with Gasteiger partial charge in [0.15, 0.2) is 0 Å². The van der Waals surface area contributed by atoms with Gasteiger partial charge in [0.05, 0.1) is 6.10 Å². The Hall–Kier alpha value is -0.840. The Labute approximate surface area is 128 Å². The molecule has 3 rings (SSSR count). The molecular weight excluding hydrogens is 372 g/mol. The summed E-state index contributed by atoms with van der Waals surface area (Å²) in [6.45, 7) is 0. The van der Waals surface area contributed by atoms with Gasteiger partial charge in [0.1, 0.15) is 11.9 Å². The predicted molar refractivity (Wildman–Crippen MR) is 81.2 cm³/mol. The number of aliphatic hydroxyl groups excluding tert-OH is 1. The molecule has 2 atom stereocenters. The average Bonchev–Trinajstić information content (AvgIpc) is 2.38. The number of fused-ring (bicyclic) bond motifs is 1. The Morgan fingerprint density at radius 1 is 1.05 bits per heavy atom. The highest BCUT2D eigenvalue weighted by Gasteiger charge is 2.29. The Kier molecular flexibility index (Phi) is 3.65. The summed E-state index contributed by atoms with van der Waals surface area (Å²) in [5.74, 6) is 0.744. The van der Waals surface area contributed by atoms with Crippen LogP contribution in [0.1, 0.15) is 29.8 Å². The van der Waals surface area contributed by atoms with E-state index in [-0.39, 0.29) is 6.10 Å². The zero-order valence-corrected chi connectivity index (χ0v) is 13.2. The van der Waals surface area contributed by atoms with Crippen molar-refractivity contribution in [2.45, 2.75) is 18.6 Å². The van der Waals surface area contributed by atoms with E-state index in [1.165, 1.54) is 0 Å². The van der Waals surface area contributed by atoms with Gasteiger partial charge in [0.2, 0.25) is 0 Å². The molecule has 0 fully saturated rings. The second-order valence-corrected chi connectivity index (χ2v) is 6.33. The fourth-order valence-corrected chi connectivity index (χ4v) is 3.22. The molecule has 0 radical (unpaired) electrons. The summed E-state index contributed by atoms with van der Waals surface area (Å²) < 4.78 is 7.99. The molecule has 1 aliphatic rings. The van der Waals surface area contributed by atoms with Crippen molar-refractivity contribution in [3.8, 4) is 5.75 Å². The zero-order valence-electron chi connectivity index (χ0n) is 10.0. The lowest BCUT2D eigenvalue weighted by molar-refractivity contribution is 0.0653. The van der Waals surface area contributed by atoms with E-state index in [2.05, 4.69) is 31.9 Å². The van der Waals surface area contributed by atoms with Crippen LogP contribution < -0.4 is 4.74 Å². The molecule has 0 aliphatic carbocycles. The first kappa shape index (κ1) is 13.2. The van der Waals surface area contributed by atoms with E-state index in [0.717, 1.165) is 25.8 Å². The van der Waals surface area contributed by atoms with Gasteiger partial charge in [-0.1, -0.05) is 56.1 Å². The fourth-order valence-electron chi connectivity index (χ4n) is 2.34.